The van der Waals surface area contributed by atoms with Crippen molar-refractivity contribution >= 4 is 5.91 Å². The van der Waals surface area contributed by atoms with E-state index in [0.717, 1.165) is 45.1 Å². The SMILES string of the molecule is O=C(CC1CCc2ccccc21)NCC1CCCC(O)C1. The molecule has 1 saturated carbocycles. The zero-order valence-electron chi connectivity index (χ0n) is 12.6. The molecule has 3 unspecified atom stereocenters. The minimum Gasteiger partial charge on any atom is -0.393 e. The number of aryl methyl sites for hydroxylation is 1. The molecule has 3 heteroatoms. The summed E-state index contributed by atoms with van der Waals surface area (Å²) < 4.78 is 0. The Morgan fingerprint density at radius 2 is 2.10 bits per heavy atom. The molecule has 2 aliphatic rings. The summed E-state index contributed by atoms with van der Waals surface area (Å²) in [6, 6.07) is 8.49. The van der Waals surface area contributed by atoms with Gasteiger partial charge in [0.2, 0.25) is 5.91 Å². The molecule has 0 bridgehead atoms. The Morgan fingerprint density at radius 3 is 2.95 bits per heavy atom. The average Bonchev–Trinajstić information content (AvgIpc) is 2.89. The lowest BCUT2D eigenvalue weighted by Crippen LogP contribution is -2.33. The van der Waals surface area contributed by atoms with Crippen LogP contribution in [0.3, 0.4) is 0 Å². The summed E-state index contributed by atoms with van der Waals surface area (Å²) in [5.74, 6) is 1.00. The van der Waals surface area contributed by atoms with Crippen LogP contribution in [0.15, 0.2) is 24.3 Å². The highest BCUT2D eigenvalue weighted by atomic mass is 16.3. The molecule has 0 radical (unpaired) electrons. The Labute approximate surface area is 126 Å². The third-order valence-corrected chi connectivity index (χ3v) is 5.03. The normalized spacial score (nSPS) is 28.1. The van der Waals surface area contributed by atoms with Gasteiger partial charge in [-0.3, -0.25) is 4.79 Å². The van der Waals surface area contributed by atoms with Gasteiger partial charge < -0.3 is 10.4 Å². The van der Waals surface area contributed by atoms with Gasteiger partial charge in [-0.1, -0.05) is 30.7 Å². The van der Waals surface area contributed by atoms with Crippen LogP contribution >= 0.6 is 0 Å². The molecule has 0 aromatic heterocycles. The highest BCUT2D eigenvalue weighted by molar-refractivity contribution is 5.77. The lowest BCUT2D eigenvalue weighted by atomic mass is 9.87. The van der Waals surface area contributed by atoms with Gasteiger partial charge in [-0.05, 0) is 55.1 Å². The van der Waals surface area contributed by atoms with E-state index in [1.165, 1.54) is 11.1 Å². The molecule has 0 spiro atoms. The number of hydrogen-bond acceptors (Lipinski definition) is 2. The van der Waals surface area contributed by atoms with Crippen molar-refractivity contribution in [1.29, 1.82) is 0 Å². The van der Waals surface area contributed by atoms with Crippen LogP contribution in [0.1, 0.15) is 55.6 Å². The van der Waals surface area contributed by atoms with Crippen LogP contribution in [0.4, 0.5) is 0 Å². The number of benzene rings is 1. The first kappa shape index (κ1) is 14.6. The molecule has 114 valence electrons. The molecule has 3 nitrogen and oxygen atoms in total. The number of hydrogen-bond donors (Lipinski definition) is 2. The van der Waals surface area contributed by atoms with E-state index in [1.807, 2.05) is 0 Å². The number of amides is 1. The molecule has 21 heavy (non-hydrogen) atoms. The lowest BCUT2D eigenvalue weighted by molar-refractivity contribution is -0.121. The van der Waals surface area contributed by atoms with Gasteiger partial charge in [0, 0.05) is 13.0 Å². The number of carbonyl (C=O) groups is 1. The molecule has 3 atom stereocenters. The number of fused-ring (bicyclic) bond motifs is 1. The molecular weight excluding hydrogens is 262 g/mol. The molecule has 2 aliphatic carbocycles. The van der Waals surface area contributed by atoms with E-state index in [9.17, 15) is 9.90 Å². The van der Waals surface area contributed by atoms with Crippen LogP contribution in [0.25, 0.3) is 0 Å². The fourth-order valence-electron chi connectivity index (χ4n) is 3.86. The number of nitrogens with one attached hydrogen (secondary N) is 1. The fraction of sp³-hybridized carbons (Fsp3) is 0.611. The van der Waals surface area contributed by atoms with Crippen molar-refractivity contribution in [1.82, 2.24) is 5.32 Å². The van der Waals surface area contributed by atoms with Gasteiger partial charge in [0.15, 0.2) is 0 Å². The fourth-order valence-corrected chi connectivity index (χ4v) is 3.86. The highest BCUT2D eigenvalue weighted by Gasteiger charge is 2.25. The molecule has 1 aromatic rings. The summed E-state index contributed by atoms with van der Waals surface area (Å²) in [6.07, 6.45) is 6.60. The summed E-state index contributed by atoms with van der Waals surface area (Å²) in [5.41, 5.74) is 2.77. The minimum atomic E-state index is -0.164. The maximum atomic E-state index is 12.2. The van der Waals surface area contributed by atoms with E-state index >= 15 is 0 Å². The van der Waals surface area contributed by atoms with Crippen molar-refractivity contribution in [2.24, 2.45) is 5.92 Å². The number of carbonyl (C=O) groups excluding carboxylic acids is 1. The van der Waals surface area contributed by atoms with Gasteiger partial charge in [0.25, 0.3) is 0 Å². The van der Waals surface area contributed by atoms with Gasteiger partial charge in [-0.2, -0.15) is 0 Å². The Hall–Kier alpha value is -1.35. The van der Waals surface area contributed by atoms with Crippen molar-refractivity contribution in [3.63, 3.8) is 0 Å². The predicted molar refractivity (Wildman–Crippen MR) is 83.1 cm³/mol. The Bertz CT molecular complexity index is 500. The first-order chi connectivity index (χ1) is 10.2. The lowest BCUT2D eigenvalue weighted by Gasteiger charge is -2.26. The van der Waals surface area contributed by atoms with Crippen molar-refractivity contribution < 1.29 is 9.90 Å². The molecule has 0 heterocycles. The summed E-state index contributed by atoms with van der Waals surface area (Å²) in [7, 11) is 0. The summed E-state index contributed by atoms with van der Waals surface area (Å²) >= 11 is 0. The second-order valence-corrected chi connectivity index (χ2v) is 6.63. The van der Waals surface area contributed by atoms with Crippen LogP contribution in [-0.2, 0) is 11.2 Å². The van der Waals surface area contributed by atoms with Gasteiger partial charge in [-0.15, -0.1) is 0 Å². The maximum Gasteiger partial charge on any atom is 0.220 e. The average molecular weight is 287 g/mol. The van der Waals surface area contributed by atoms with Crippen LogP contribution in [0.5, 0.6) is 0 Å². The van der Waals surface area contributed by atoms with Crippen LogP contribution in [-0.4, -0.2) is 23.7 Å². The van der Waals surface area contributed by atoms with Crippen molar-refractivity contribution in [3.05, 3.63) is 35.4 Å². The van der Waals surface area contributed by atoms with Gasteiger partial charge >= 0.3 is 0 Å². The van der Waals surface area contributed by atoms with E-state index < -0.39 is 0 Å². The van der Waals surface area contributed by atoms with E-state index in [0.29, 0.717) is 18.3 Å². The first-order valence-corrected chi connectivity index (χ1v) is 8.25. The van der Waals surface area contributed by atoms with Crippen molar-refractivity contribution in [2.45, 2.75) is 57.0 Å². The second kappa shape index (κ2) is 6.61. The third-order valence-electron chi connectivity index (χ3n) is 5.03. The molecule has 3 rings (SSSR count). The zero-order valence-corrected chi connectivity index (χ0v) is 12.6. The van der Waals surface area contributed by atoms with Gasteiger partial charge in [0.05, 0.1) is 6.10 Å². The monoisotopic (exact) mass is 287 g/mol. The number of rotatable bonds is 4. The molecule has 1 fully saturated rings. The smallest absolute Gasteiger partial charge is 0.220 e. The quantitative estimate of drug-likeness (QED) is 0.894. The molecule has 0 aliphatic heterocycles. The Balaban J connectivity index is 1.47. The summed E-state index contributed by atoms with van der Waals surface area (Å²) in [4.78, 5) is 12.2. The minimum absolute atomic E-state index is 0.164. The molecular formula is C18H25NO2. The van der Waals surface area contributed by atoms with Gasteiger partial charge in [0.1, 0.15) is 0 Å². The second-order valence-electron chi connectivity index (χ2n) is 6.63. The van der Waals surface area contributed by atoms with Crippen LogP contribution in [0.2, 0.25) is 0 Å². The molecule has 1 aromatic carbocycles. The van der Waals surface area contributed by atoms with E-state index in [1.54, 1.807) is 0 Å². The van der Waals surface area contributed by atoms with E-state index in [2.05, 4.69) is 29.6 Å². The first-order valence-electron chi connectivity index (χ1n) is 8.25. The number of aliphatic hydroxyl groups excluding tert-OH is 1. The Morgan fingerprint density at radius 1 is 1.24 bits per heavy atom. The van der Waals surface area contributed by atoms with Gasteiger partial charge in [-0.25, -0.2) is 0 Å². The van der Waals surface area contributed by atoms with Crippen LogP contribution in [0, 0.1) is 5.92 Å². The number of aliphatic hydroxyl groups is 1. The van der Waals surface area contributed by atoms with Crippen LogP contribution < -0.4 is 5.32 Å². The zero-order chi connectivity index (χ0) is 14.7. The molecule has 0 saturated heterocycles. The van der Waals surface area contributed by atoms with Crippen molar-refractivity contribution in [3.8, 4) is 0 Å². The largest absolute Gasteiger partial charge is 0.393 e. The summed E-state index contributed by atoms with van der Waals surface area (Å²) in [5, 5.41) is 12.8. The van der Waals surface area contributed by atoms with E-state index in [4.69, 9.17) is 0 Å². The van der Waals surface area contributed by atoms with E-state index in [-0.39, 0.29) is 12.0 Å². The topological polar surface area (TPSA) is 49.3 Å². The third kappa shape index (κ3) is 3.65. The highest BCUT2D eigenvalue weighted by Crippen LogP contribution is 2.35. The molecule has 1 amide bonds. The molecule has 2 N–H and O–H groups in total. The standard InChI is InChI=1S/C18H25NO2/c20-16-6-3-4-13(10-16)12-19-18(21)11-15-9-8-14-5-1-2-7-17(14)15/h1-2,5,7,13,15-16,20H,3-4,6,8-12H2,(H,19,21). The predicted octanol–water partition coefficient (Wildman–Crippen LogP) is 2.77. The Kier molecular flexibility index (Phi) is 4.59. The maximum absolute atomic E-state index is 12.2. The van der Waals surface area contributed by atoms with Crippen molar-refractivity contribution in [2.75, 3.05) is 6.54 Å². The summed E-state index contributed by atoms with van der Waals surface area (Å²) in [6.45, 7) is 0.726.